The lowest BCUT2D eigenvalue weighted by molar-refractivity contribution is -0.136. The minimum atomic E-state index is -3.60. The zero-order valence-electron chi connectivity index (χ0n) is 17.9. The van der Waals surface area contributed by atoms with Gasteiger partial charge in [-0.1, -0.05) is 42.3 Å². The monoisotopic (exact) mass is 443 g/mol. The Morgan fingerprint density at radius 3 is 2.42 bits per heavy atom. The predicted molar refractivity (Wildman–Crippen MR) is 120 cm³/mol. The Balaban J connectivity index is 1.58. The zero-order valence-corrected chi connectivity index (χ0v) is 18.7. The lowest BCUT2D eigenvalue weighted by Gasteiger charge is -2.34. The number of anilines is 1. The van der Waals surface area contributed by atoms with Gasteiger partial charge in [-0.05, 0) is 56.9 Å². The Hall–Kier alpha value is -2.71. The van der Waals surface area contributed by atoms with Crippen molar-refractivity contribution in [3.8, 4) is 0 Å². The molecule has 2 aromatic rings. The van der Waals surface area contributed by atoms with Crippen molar-refractivity contribution in [3.05, 3.63) is 59.7 Å². The molecule has 0 bridgehead atoms. The van der Waals surface area contributed by atoms with Gasteiger partial charge < -0.3 is 10.6 Å². The van der Waals surface area contributed by atoms with Gasteiger partial charge >= 0.3 is 11.8 Å². The molecule has 0 saturated carbocycles. The van der Waals surface area contributed by atoms with Crippen LogP contribution in [0.25, 0.3) is 0 Å². The average molecular weight is 444 g/mol. The van der Waals surface area contributed by atoms with E-state index >= 15 is 0 Å². The summed E-state index contributed by atoms with van der Waals surface area (Å²) >= 11 is 0. The highest BCUT2D eigenvalue weighted by molar-refractivity contribution is 7.89. The number of piperidine rings is 1. The number of nitrogens with one attached hydrogen (secondary N) is 2. The molecule has 2 aromatic carbocycles. The summed E-state index contributed by atoms with van der Waals surface area (Å²) < 4.78 is 27.8. The van der Waals surface area contributed by atoms with E-state index in [2.05, 4.69) is 10.6 Å². The number of nitrogens with zero attached hydrogens (tertiary/aromatic N) is 1. The Bertz CT molecular complexity index is 1040. The van der Waals surface area contributed by atoms with Crippen LogP contribution in [0, 0.1) is 13.8 Å². The third-order valence-corrected chi connectivity index (χ3v) is 7.53. The number of hydrogen-bond acceptors (Lipinski definition) is 4. The van der Waals surface area contributed by atoms with Crippen LogP contribution in [-0.4, -0.2) is 43.7 Å². The third kappa shape index (κ3) is 5.71. The van der Waals surface area contributed by atoms with E-state index in [9.17, 15) is 18.0 Å². The first-order chi connectivity index (χ1) is 14.8. The summed E-state index contributed by atoms with van der Waals surface area (Å²) in [6, 6.07) is 13.9. The van der Waals surface area contributed by atoms with E-state index in [0.717, 1.165) is 30.4 Å². The molecule has 1 atom stereocenters. The van der Waals surface area contributed by atoms with E-state index in [1.165, 1.54) is 0 Å². The Labute approximate surface area is 183 Å². The van der Waals surface area contributed by atoms with Crippen LogP contribution in [0.3, 0.4) is 0 Å². The standard InChI is InChI=1S/C23H29N3O4S/c1-17-10-12-20(13-11-17)31(29,30)26-16-6-5-8-19(26)14-15-24-22(27)23(28)25-21-9-4-3-7-18(21)2/h3-4,7,9-13,19H,5-6,8,14-16H2,1-2H3,(H,24,27)(H,25,28)/t19-/m0/s1. The molecule has 2 N–H and O–H groups in total. The molecule has 1 fully saturated rings. The normalized spacial score (nSPS) is 17.2. The maximum atomic E-state index is 13.1. The summed E-state index contributed by atoms with van der Waals surface area (Å²) in [5, 5.41) is 5.22. The van der Waals surface area contributed by atoms with Crippen molar-refractivity contribution >= 4 is 27.5 Å². The summed E-state index contributed by atoms with van der Waals surface area (Å²) in [4.78, 5) is 24.6. The molecular weight excluding hydrogens is 414 g/mol. The fraction of sp³-hybridized carbons (Fsp3) is 0.391. The molecule has 1 aliphatic heterocycles. The molecule has 0 spiro atoms. The number of rotatable bonds is 6. The second-order valence-corrected chi connectivity index (χ2v) is 9.78. The molecule has 166 valence electrons. The van der Waals surface area contributed by atoms with E-state index in [4.69, 9.17) is 0 Å². The van der Waals surface area contributed by atoms with Crippen molar-refractivity contribution in [1.82, 2.24) is 9.62 Å². The first-order valence-electron chi connectivity index (χ1n) is 10.5. The van der Waals surface area contributed by atoms with E-state index in [1.54, 1.807) is 40.7 Å². The number of amides is 2. The number of carbonyl (C=O) groups excluding carboxylic acids is 2. The molecule has 1 saturated heterocycles. The number of benzene rings is 2. The summed E-state index contributed by atoms with van der Waals surface area (Å²) in [6.07, 6.45) is 2.93. The molecule has 0 aliphatic carbocycles. The molecule has 0 aromatic heterocycles. The predicted octanol–water partition coefficient (Wildman–Crippen LogP) is 2.99. The van der Waals surface area contributed by atoms with Crippen LogP contribution < -0.4 is 10.6 Å². The molecule has 2 amide bonds. The van der Waals surface area contributed by atoms with Crippen LogP contribution in [0.1, 0.15) is 36.8 Å². The van der Waals surface area contributed by atoms with E-state index in [0.29, 0.717) is 18.7 Å². The van der Waals surface area contributed by atoms with Gasteiger partial charge in [0.15, 0.2) is 0 Å². The highest BCUT2D eigenvalue weighted by atomic mass is 32.2. The van der Waals surface area contributed by atoms with E-state index in [-0.39, 0.29) is 17.5 Å². The maximum Gasteiger partial charge on any atom is 0.313 e. The lowest BCUT2D eigenvalue weighted by Crippen LogP contribution is -2.45. The zero-order chi connectivity index (χ0) is 22.4. The number of sulfonamides is 1. The highest BCUT2D eigenvalue weighted by Crippen LogP contribution is 2.27. The van der Waals surface area contributed by atoms with Gasteiger partial charge in [-0.3, -0.25) is 9.59 Å². The van der Waals surface area contributed by atoms with Crippen LogP contribution in [0.5, 0.6) is 0 Å². The third-order valence-electron chi connectivity index (χ3n) is 5.56. The van der Waals surface area contributed by atoms with Gasteiger partial charge in [-0.25, -0.2) is 8.42 Å². The van der Waals surface area contributed by atoms with Crippen molar-refractivity contribution in [1.29, 1.82) is 0 Å². The second kappa shape index (κ2) is 10.1. The first kappa shape index (κ1) is 23.0. The minimum absolute atomic E-state index is 0.209. The number of para-hydroxylation sites is 1. The fourth-order valence-electron chi connectivity index (χ4n) is 3.75. The summed E-state index contributed by atoms with van der Waals surface area (Å²) in [6.45, 7) is 4.45. The molecule has 0 radical (unpaired) electrons. The van der Waals surface area contributed by atoms with Crippen LogP contribution in [0.2, 0.25) is 0 Å². The Morgan fingerprint density at radius 1 is 1.00 bits per heavy atom. The van der Waals surface area contributed by atoms with Gasteiger partial charge in [-0.15, -0.1) is 0 Å². The van der Waals surface area contributed by atoms with Gasteiger partial charge in [-0.2, -0.15) is 4.31 Å². The van der Waals surface area contributed by atoms with Crippen molar-refractivity contribution in [2.75, 3.05) is 18.4 Å². The van der Waals surface area contributed by atoms with Gasteiger partial charge in [0.2, 0.25) is 10.0 Å². The van der Waals surface area contributed by atoms with Crippen molar-refractivity contribution in [2.45, 2.75) is 50.5 Å². The molecule has 0 unspecified atom stereocenters. The molecule has 1 aliphatic rings. The van der Waals surface area contributed by atoms with E-state index in [1.807, 2.05) is 26.0 Å². The minimum Gasteiger partial charge on any atom is -0.348 e. The van der Waals surface area contributed by atoms with E-state index < -0.39 is 21.8 Å². The topological polar surface area (TPSA) is 95.6 Å². The second-order valence-electron chi connectivity index (χ2n) is 7.89. The van der Waals surface area contributed by atoms with Crippen LogP contribution >= 0.6 is 0 Å². The summed E-state index contributed by atoms with van der Waals surface area (Å²) in [5.74, 6) is -1.46. The van der Waals surface area contributed by atoms with Crippen LogP contribution in [0.15, 0.2) is 53.4 Å². The molecule has 8 heteroatoms. The van der Waals surface area contributed by atoms with Gasteiger partial charge in [0.1, 0.15) is 0 Å². The van der Waals surface area contributed by atoms with Crippen LogP contribution in [0.4, 0.5) is 5.69 Å². The molecule has 31 heavy (non-hydrogen) atoms. The first-order valence-corrected chi connectivity index (χ1v) is 12.0. The van der Waals surface area contributed by atoms with Gasteiger partial charge in [0, 0.05) is 24.8 Å². The van der Waals surface area contributed by atoms with Gasteiger partial charge in [0.05, 0.1) is 4.90 Å². The number of aryl methyl sites for hydroxylation is 2. The molecular formula is C23H29N3O4S. The average Bonchev–Trinajstić information content (AvgIpc) is 2.76. The summed E-state index contributed by atoms with van der Waals surface area (Å²) in [7, 11) is -3.60. The molecule has 1 heterocycles. The fourth-order valence-corrected chi connectivity index (χ4v) is 5.47. The molecule has 7 nitrogen and oxygen atoms in total. The SMILES string of the molecule is Cc1ccc(S(=O)(=O)N2CCCC[C@H]2CCNC(=O)C(=O)Nc2ccccc2C)cc1. The summed E-state index contributed by atoms with van der Waals surface area (Å²) in [5.41, 5.74) is 2.45. The largest absolute Gasteiger partial charge is 0.348 e. The molecule has 3 rings (SSSR count). The van der Waals surface area contributed by atoms with Gasteiger partial charge in [0.25, 0.3) is 0 Å². The Morgan fingerprint density at radius 2 is 1.71 bits per heavy atom. The van der Waals surface area contributed by atoms with Crippen LogP contribution in [-0.2, 0) is 19.6 Å². The number of carbonyl (C=O) groups is 2. The highest BCUT2D eigenvalue weighted by Gasteiger charge is 2.33. The smallest absolute Gasteiger partial charge is 0.313 e. The van der Waals surface area contributed by atoms with Crippen molar-refractivity contribution < 1.29 is 18.0 Å². The lowest BCUT2D eigenvalue weighted by atomic mass is 10.0. The van der Waals surface area contributed by atoms with Crippen molar-refractivity contribution in [2.24, 2.45) is 0 Å². The van der Waals surface area contributed by atoms with Crippen molar-refractivity contribution in [3.63, 3.8) is 0 Å². The maximum absolute atomic E-state index is 13.1. The Kier molecular flexibility index (Phi) is 7.46. The number of hydrogen-bond donors (Lipinski definition) is 2. The quantitative estimate of drug-likeness (QED) is 0.671.